The third-order valence-electron chi connectivity index (χ3n) is 12.0. The van der Waals surface area contributed by atoms with Gasteiger partial charge in [0.2, 0.25) is 11.8 Å². The number of aromatic nitrogens is 8. The molecule has 0 radical (unpaired) electrons. The lowest BCUT2D eigenvalue weighted by Crippen LogP contribution is -2.42. The van der Waals surface area contributed by atoms with Crippen molar-refractivity contribution in [2.75, 3.05) is 21.6 Å². The maximum Gasteiger partial charge on any atom is 0.411 e. The Morgan fingerprint density at radius 2 is 1.11 bits per heavy atom. The number of imidazole rings is 2. The molecule has 8 heterocycles. The third kappa shape index (κ3) is 9.88. The molecule has 6 aromatic rings. The third-order valence-corrected chi connectivity index (χ3v) is 12.8. The van der Waals surface area contributed by atoms with E-state index in [0.29, 0.717) is 45.7 Å². The van der Waals surface area contributed by atoms with Gasteiger partial charge in [0.1, 0.15) is 24.7 Å². The molecule has 24 heteroatoms. The average Bonchev–Trinajstić information content (AvgIpc) is 4.20. The van der Waals surface area contributed by atoms with Crippen LogP contribution in [-0.4, -0.2) is 120 Å². The largest absolute Gasteiger partial charge is 0.439 e. The molecule has 4 aromatic heterocycles. The quantitative estimate of drug-likeness (QED) is 0.0374. The van der Waals surface area contributed by atoms with Gasteiger partial charge in [-0.2, -0.15) is 0 Å². The second-order valence-electron chi connectivity index (χ2n) is 17.0. The molecular formula is C46H54IN15O8. The number of rotatable bonds is 13. The summed E-state index contributed by atoms with van der Waals surface area (Å²) in [5.41, 5.74) is 12.6. The van der Waals surface area contributed by atoms with Crippen LogP contribution in [0.4, 0.5) is 21.2 Å². The van der Waals surface area contributed by atoms with Crippen LogP contribution in [0.15, 0.2) is 91.1 Å². The highest BCUT2D eigenvalue weighted by atomic mass is 127. The van der Waals surface area contributed by atoms with Crippen LogP contribution >= 0.6 is 22.6 Å². The molecule has 4 saturated heterocycles. The number of ether oxygens (including phenoxy) is 4. The Hall–Kier alpha value is -7.02. The molecule has 4 amide bonds. The molecule has 0 aliphatic carbocycles. The van der Waals surface area contributed by atoms with Gasteiger partial charge in [0.25, 0.3) is 0 Å². The van der Waals surface area contributed by atoms with Crippen molar-refractivity contribution in [1.29, 1.82) is 0 Å². The summed E-state index contributed by atoms with van der Waals surface area (Å²) >= 11 is 2.27. The Labute approximate surface area is 416 Å². The van der Waals surface area contributed by atoms with Gasteiger partial charge in [0.05, 0.1) is 31.4 Å². The van der Waals surface area contributed by atoms with Gasteiger partial charge in [-0.05, 0) is 16.7 Å². The first-order valence-corrected chi connectivity index (χ1v) is 23.3. The zero-order valence-electron chi connectivity index (χ0n) is 37.1. The Kier molecular flexibility index (Phi) is 15.8. The number of carbonyl (C=O) groups excluding carboxylic acids is 4. The number of amides is 4. The number of benzene rings is 2. The Bertz CT molecular complexity index is 2880. The summed E-state index contributed by atoms with van der Waals surface area (Å²) in [6.07, 6.45) is 1.59. The van der Waals surface area contributed by atoms with E-state index in [-0.39, 0.29) is 69.1 Å². The van der Waals surface area contributed by atoms with Gasteiger partial charge in [-0.3, -0.25) is 28.5 Å². The second kappa shape index (κ2) is 21.7. The van der Waals surface area contributed by atoms with E-state index in [9.17, 15) is 19.2 Å². The molecule has 4 aliphatic rings. The van der Waals surface area contributed by atoms with E-state index in [1.54, 1.807) is 53.0 Å². The number of halogens is 1. The van der Waals surface area contributed by atoms with Crippen LogP contribution in [0.25, 0.3) is 32.8 Å². The van der Waals surface area contributed by atoms with Gasteiger partial charge in [0.15, 0.2) is 58.6 Å². The Balaban J connectivity index is 0.000000201. The van der Waals surface area contributed by atoms with Crippen molar-refractivity contribution in [3.8, 4) is 0 Å². The maximum atomic E-state index is 12.9. The average molecular weight is 1070 g/mol. The number of nitrogens with zero attached hydrogens (tertiary/aromatic N) is 13. The number of hydrogen-bond acceptors (Lipinski definition) is 15. The molecular weight excluding hydrogens is 1020 g/mol. The minimum Gasteiger partial charge on any atom is -0.439 e. The van der Waals surface area contributed by atoms with Crippen LogP contribution in [0.3, 0.4) is 0 Å². The summed E-state index contributed by atoms with van der Waals surface area (Å²) in [4.78, 5) is 82.1. The zero-order valence-corrected chi connectivity index (χ0v) is 39.3. The second-order valence-corrected chi connectivity index (χ2v) is 17.9. The van der Waals surface area contributed by atoms with E-state index in [1.807, 2.05) is 60.7 Å². The van der Waals surface area contributed by atoms with E-state index >= 15 is 0 Å². The molecule has 23 nitrogen and oxygen atoms in total. The maximum absolute atomic E-state index is 12.9. The van der Waals surface area contributed by atoms with Crippen LogP contribution in [0, 0.1) is 11.8 Å². The molecule has 4 aliphatic heterocycles. The lowest BCUT2D eigenvalue weighted by molar-refractivity contribution is -0.119. The molecule has 2 N–H and O–H groups in total. The summed E-state index contributed by atoms with van der Waals surface area (Å²) < 4.78 is 28.3. The fraction of sp³-hybridized carbons (Fsp3) is 0.435. The van der Waals surface area contributed by atoms with Gasteiger partial charge in [-0.1, -0.05) is 131 Å². The van der Waals surface area contributed by atoms with Gasteiger partial charge in [-0.15, -0.1) is 0 Å². The van der Waals surface area contributed by atoms with Crippen molar-refractivity contribution in [3.63, 3.8) is 0 Å². The van der Waals surface area contributed by atoms with Crippen molar-refractivity contribution in [2.45, 2.75) is 105 Å². The number of azide groups is 1. The molecule has 2 aromatic carbocycles. The van der Waals surface area contributed by atoms with Crippen molar-refractivity contribution < 1.29 is 38.1 Å². The van der Waals surface area contributed by atoms with Crippen LogP contribution in [0.2, 0.25) is 0 Å². The molecule has 368 valence electrons. The highest BCUT2D eigenvalue weighted by molar-refractivity contribution is 14.1. The first kappa shape index (κ1) is 50.8. The number of anilines is 2. The number of alkyl halides is 1. The van der Waals surface area contributed by atoms with E-state index in [0.717, 1.165) is 11.1 Å². The molecule has 0 saturated carbocycles. The van der Waals surface area contributed by atoms with E-state index in [2.05, 4.69) is 73.2 Å². The van der Waals surface area contributed by atoms with Gasteiger partial charge >= 0.3 is 12.2 Å². The Morgan fingerprint density at radius 1 is 0.686 bits per heavy atom. The molecule has 0 bridgehead atoms. The predicted molar refractivity (Wildman–Crippen MR) is 264 cm³/mol. The highest BCUT2D eigenvalue weighted by Gasteiger charge is 2.58. The van der Waals surface area contributed by atoms with Gasteiger partial charge in [0, 0.05) is 34.3 Å². The summed E-state index contributed by atoms with van der Waals surface area (Å²) in [5.74, 6) is -0.182. The van der Waals surface area contributed by atoms with E-state index < -0.39 is 42.9 Å². The van der Waals surface area contributed by atoms with Gasteiger partial charge in [-0.25, -0.2) is 39.5 Å². The molecule has 0 spiro atoms. The molecule has 8 atom stereocenters. The summed E-state index contributed by atoms with van der Waals surface area (Å²) in [6.45, 7) is 7.95. The van der Waals surface area contributed by atoms with Crippen LogP contribution in [0.1, 0.15) is 66.1 Å². The number of carbonyl (C=O) groups is 4. The normalized spacial score (nSPS) is 23.1. The SMILES string of the molecule is C.C.CC(C)C(=O)Nc1ncnc2c1ncn2[C@@H]1O[C@H](CI)[C@@H]2[C@H]1OC(=O)N2Cc1ccccc1.CC(C)C(=O)Nc1ncnc2c1ncn2[C@@H]1O[C@H](CN=[N+]=[N-])[C@@H]2[C@H]1OC(=O)N2Cc1ccccc1. The first-order chi connectivity index (χ1) is 32.9. The Morgan fingerprint density at radius 3 is 1.53 bits per heavy atom. The number of fused-ring (bicyclic) bond motifs is 4. The standard InChI is InChI=1S/C22H23IN6O4.C22H23N9O4.2CH4/c1-12(2)20(30)27-18-15-19(25-10-24-18)29(11-26-15)21-17-16(14(8-23)32-21)28(22(31)33-17)9-13-6-4-3-5-7-13;1-12(2)20(32)28-18-15-19(25-10-24-18)31(11-26-15)21-17-16(14(34-21)8-27-29-23)30(22(33)35-17)9-13-6-4-3-5-7-13;;/h3-7,10-12,14,16-17,21H,8-9H2,1-2H3,(H,24,25,27,30);3-7,10-12,14,16-17,21H,8-9H2,1-2H3,(H,24,25,28,32);2*1H4/t2*14-,16-,17-,21-;;/m11../s1. The van der Waals surface area contributed by atoms with Crippen molar-refractivity contribution in [3.05, 3.63) is 108 Å². The highest BCUT2D eigenvalue weighted by Crippen LogP contribution is 2.43. The predicted octanol–water partition coefficient (Wildman–Crippen LogP) is 7.43. The fourth-order valence-corrected chi connectivity index (χ4v) is 9.31. The number of nitrogens with one attached hydrogen (secondary N) is 2. The number of hydrogen-bond donors (Lipinski definition) is 2. The molecule has 4 fully saturated rings. The lowest BCUT2D eigenvalue weighted by Gasteiger charge is -2.24. The zero-order chi connectivity index (χ0) is 47.6. The lowest BCUT2D eigenvalue weighted by atomic mass is 10.1. The van der Waals surface area contributed by atoms with Gasteiger partial charge < -0.3 is 29.6 Å². The van der Waals surface area contributed by atoms with Crippen LogP contribution in [0.5, 0.6) is 0 Å². The minimum atomic E-state index is -0.767. The van der Waals surface area contributed by atoms with Crippen LogP contribution in [-0.2, 0) is 41.6 Å². The topological polar surface area (TPSA) is 272 Å². The first-order valence-electron chi connectivity index (χ1n) is 21.8. The smallest absolute Gasteiger partial charge is 0.411 e. The van der Waals surface area contributed by atoms with Crippen molar-refractivity contribution in [1.82, 2.24) is 48.8 Å². The van der Waals surface area contributed by atoms with Crippen molar-refractivity contribution >= 4 is 80.6 Å². The van der Waals surface area contributed by atoms with E-state index in [1.165, 1.54) is 19.0 Å². The summed E-state index contributed by atoms with van der Waals surface area (Å²) in [7, 11) is 0. The summed E-state index contributed by atoms with van der Waals surface area (Å²) in [5, 5.41) is 9.24. The molecule has 10 rings (SSSR count). The molecule has 0 unspecified atom stereocenters. The monoisotopic (exact) mass is 1070 g/mol. The fourth-order valence-electron chi connectivity index (χ4n) is 8.58. The molecule has 70 heavy (non-hydrogen) atoms. The minimum absolute atomic E-state index is 0. The van der Waals surface area contributed by atoms with Crippen molar-refractivity contribution in [2.24, 2.45) is 17.0 Å². The van der Waals surface area contributed by atoms with E-state index in [4.69, 9.17) is 24.5 Å². The van der Waals surface area contributed by atoms with Crippen LogP contribution < -0.4 is 10.6 Å². The summed E-state index contributed by atoms with van der Waals surface area (Å²) in [6, 6.07) is 18.6.